The summed E-state index contributed by atoms with van der Waals surface area (Å²) in [5.41, 5.74) is 2.64. The summed E-state index contributed by atoms with van der Waals surface area (Å²) in [5, 5.41) is 22.1. The maximum absolute atomic E-state index is 8.93. The quantitative estimate of drug-likeness (QED) is 0.896. The summed E-state index contributed by atoms with van der Waals surface area (Å²) in [6.07, 6.45) is 0. The number of benzene rings is 1. The molecule has 1 aromatic carbocycles. The van der Waals surface area contributed by atoms with E-state index in [-0.39, 0.29) is 6.61 Å². The van der Waals surface area contributed by atoms with Crippen molar-refractivity contribution in [3.8, 4) is 11.8 Å². The minimum atomic E-state index is 0.00811. The van der Waals surface area contributed by atoms with E-state index in [1.54, 1.807) is 0 Å². The van der Waals surface area contributed by atoms with Crippen LogP contribution in [0.2, 0.25) is 0 Å². The van der Waals surface area contributed by atoms with E-state index >= 15 is 0 Å². The first-order chi connectivity index (χ1) is 10.8. The Bertz CT molecular complexity index is 690. The Morgan fingerprint density at radius 3 is 3.00 bits per heavy atom. The Morgan fingerprint density at radius 1 is 1.32 bits per heavy atom. The topological polar surface area (TPSA) is 74.3 Å². The van der Waals surface area contributed by atoms with Gasteiger partial charge in [0.2, 0.25) is 0 Å². The number of rotatable bonds is 5. The van der Waals surface area contributed by atoms with E-state index in [4.69, 9.17) is 15.1 Å². The third-order valence-electron chi connectivity index (χ3n) is 3.71. The summed E-state index contributed by atoms with van der Waals surface area (Å²) < 4.78 is 7.49. The highest BCUT2D eigenvalue weighted by Crippen LogP contribution is 2.22. The highest BCUT2D eigenvalue weighted by atomic mass is 16.5. The monoisotopic (exact) mass is 298 g/mol. The van der Waals surface area contributed by atoms with Crippen LogP contribution >= 0.6 is 0 Å². The molecule has 1 N–H and O–H groups in total. The van der Waals surface area contributed by atoms with E-state index in [0.717, 1.165) is 43.2 Å². The standard InChI is InChI=1S/C16H18N4O2/c17-10-14-9-15-12-19(5-6-20(15)18-14)11-13-3-1-2-4-16(13)22-8-7-21/h1-4,9,21H,5-8,11-12H2. The van der Waals surface area contributed by atoms with Crippen LogP contribution in [0.25, 0.3) is 0 Å². The molecule has 0 fully saturated rings. The zero-order valence-electron chi connectivity index (χ0n) is 12.3. The van der Waals surface area contributed by atoms with Crippen LogP contribution < -0.4 is 4.74 Å². The first kappa shape index (κ1) is 14.6. The molecule has 2 heterocycles. The van der Waals surface area contributed by atoms with Gasteiger partial charge in [-0.05, 0) is 12.1 Å². The Kier molecular flexibility index (Phi) is 4.37. The second-order valence-corrected chi connectivity index (χ2v) is 5.25. The molecule has 0 spiro atoms. The third kappa shape index (κ3) is 3.11. The van der Waals surface area contributed by atoms with Gasteiger partial charge in [0.1, 0.15) is 18.4 Å². The lowest BCUT2D eigenvalue weighted by molar-refractivity contribution is 0.187. The second-order valence-electron chi connectivity index (χ2n) is 5.25. The largest absolute Gasteiger partial charge is 0.491 e. The van der Waals surface area contributed by atoms with Crippen LogP contribution in [-0.2, 0) is 19.6 Å². The first-order valence-corrected chi connectivity index (χ1v) is 7.31. The van der Waals surface area contributed by atoms with Crippen molar-refractivity contribution in [3.05, 3.63) is 47.3 Å². The molecule has 0 saturated carbocycles. The number of aliphatic hydroxyl groups is 1. The van der Waals surface area contributed by atoms with Crippen LogP contribution in [0.15, 0.2) is 30.3 Å². The fourth-order valence-electron chi connectivity index (χ4n) is 2.68. The summed E-state index contributed by atoms with van der Waals surface area (Å²) in [6, 6.07) is 11.8. The van der Waals surface area contributed by atoms with Gasteiger partial charge in [0, 0.05) is 25.2 Å². The summed E-state index contributed by atoms with van der Waals surface area (Å²) in [4.78, 5) is 2.30. The molecule has 0 aliphatic carbocycles. The maximum atomic E-state index is 8.93. The van der Waals surface area contributed by atoms with Gasteiger partial charge in [-0.1, -0.05) is 18.2 Å². The van der Waals surface area contributed by atoms with Gasteiger partial charge in [-0.15, -0.1) is 0 Å². The number of para-hydroxylation sites is 1. The van der Waals surface area contributed by atoms with Crippen molar-refractivity contribution < 1.29 is 9.84 Å². The van der Waals surface area contributed by atoms with Gasteiger partial charge in [0.15, 0.2) is 5.69 Å². The molecule has 6 nitrogen and oxygen atoms in total. The molecule has 1 aliphatic heterocycles. The average Bonchev–Trinajstić information content (AvgIpc) is 2.96. The Balaban J connectivity index is 1.71. The molecule has 6 heteroatoms. The lowest BCUT2D eigenvalue weighted by Crippen LogP contribution is -2.33. The highest BCUT2D eigenvalue weighted by Gasteiger charge is 2.19. The number of fused-ring (bicyclic) bond motifs is 1. The van der Waals surface area contributed by atoms with E-state index in [1.807, 2.05) is 35.0 Å². The number of hydrogen-bond donors (Lipinski definition) is 1. The summed E-state index contributed by atoms with van der Waals surface area (Å²) >= 11 is 0. The van der Waals surface area contributed by atoms with Crippen LogP contribution in [0.5, 0.6) is 5.75 Å². The van der Waals surface area contributed by atoms with Crippen molar-refractivity contribution in [3.63, 3.8) is 0 Å². The molecule has 114 valence electrons. The normalized spacial score (nSPS) is 14.4. The number of aromatic nitrogens is 2. The zero-order chi connectivity index (χ0) is 15.4. The molecule has 1 aromatic heterocycles. The average molecular weight is 298 g/mol. The number of hydrogen-bond acceptors (Lipinski definition) is 5. The Hall–Kier alpha value is -2.36. The lowest BCUT2D eigenvalue weighted by atomic mass is 10.1. The van der Waals surface area contributed by atoms with E-state index in [0.29, 0.717) is 12.3 Å². The predicted octanol–water partition coefficient (Wildman–Crippen LogP) is 1.14. The molecular weight excluding hydrogens is 280 g/mol. The van der Waals surface area contributed by atoms with Crippen molar-refractivity contribution >= 4 is 0 Å². The molecule has 0 amide bonds. The van der Waals surface area contributed by atoms with Gasteiger partial charge in [0.25, 0.3) is 0 Å². The molecule has 0 bridgehead atoms. The maximum Gasteiger partial charge on any atom is 0.162 e. The van der Waals surface area contributed by atoms with E-state index in [2.05, 4.69) is 16.1 Å². The summed E-state index contributed by atoms with van der Waals surface area (Å²) in [6.45, 7) is 3.52. The number of aliphatic hydroxyl groups excluding tert-OH is 1. The Morgan fingerprint density at radius 2 is 2.18 bits per heavy atom. The minimum absolute atomic E-state index is 0.00811. The van der Waals surface area contributed by atoms with Crippen molar-refractivity contribution in [2.75, 3.05) is 19.8 Å². The summed E-state index contributed by atoms with van der Waals surface area (Å²) in [5.74, 6) is 0.813. The smallest absolute Gasteiger partial charge is 0.162 e. The van der Waals surface area contributed by atoms with Gasteiger partial charge < -0.3 is 9.84 Å². The van der Waals surface area contributed by atoms with Crippen molar-refractivity contribution in [2.45, 2.75) is 19.6 Å². The van der Waals surface area contributed by atoms with Crippen LogP contribution in [-0.4, -0.2) is 39.5 Å². The molecule has 0 unspecified atom stereocenters. The number of nitriles is 1. The highest BCUT2D eigenvalue weighted by molar-refractivity contribution is 5.33. The van der Waals surface area contributed by atoms with E-state index in [9.17, 15) is 0 Å². The van der Waals surface area contributed by atoms with Gasteiger partial charge in [0.05, 0.1) is 18.8 Å². The van der Waals surface area contributed by atoms with E-state index in [1.165, 1.54) is 0 Å². The van der Waals surface area contributed by atoms with E-state index < -0.39 is 0 Å². The molecule has 1 aliphatic rings. The van der Waals surface area contributed by atoms with Crippen LogP contribution in [0.4, 0.5) is 0 Å². The molecule has 0 radical (unpaired) electrons. The van der Waals surface area contributed by atoms with Crippen molar-refractivity contribution in [1.82, 2.24) is 14.7 Å². The van der Waals surface area contributed by atoms with Crippen molar-refractivity contribution in [1.29, 1.82) is 5.26 Å². The lowest BCUT2D eigenvalue weighted by Gasteiger charge is -2.28. The third-order valence-corrected chi connectivity index (χ3v) is 3.71. The minimum Gasteiger partial charge on any atom is -0.491 e. The zero-order valence-corrected chi connectivity index (χ0v) is 12.3. The summed E-state index contributed by atoms with van der Waals surface area (Å²) in [7, 11) is 0. The van der Waals surface area contributed by atoms with Gasteiger partial charge in [-0.3, -0.25) is 9.58 Å². The van der Waals surface area contributed by atoms with Crippen LogP contribution in [0.1, 0.15) is 17.0 Å². The molecule has 2 aromatic rings. The fraction of sp³-hybridized carbons (Fsp3) is 0.375. The van der Waals surface area contributed by atoms with Crippen LogP contribution in [0, 0.1) is 11.3 Å². The van der Waals surface area contributed by atoms with Crippen LogP contribution in [0.3, 0.4) is 0 Å². The predicted molar refractivity (Wildman–Crippen MR) is 80.1 cm³/mol. The molecular formula is C16H18N4O2. The SMILES string of the molecule is N#Cc1cc2n(n1)CCN(Cc1ccccc1OCCO)C2. The second kappa shape index (κ2) is 6.60. The van der Waals surface area contributed by atoms with Gasteiger partial charge in [-0.2, -0.15) is 10.4 Å². The number of ether oxygens (including phenoxy) is 1. The van der Waals surface area contributed by atoms with Gasteiger partial charge >= 0.3 is 0 Å². The number of nitrogens with zero attached hydrogens (tertiary/aromatic N) is 4. The molecule has 22 heavy (non-hydrogen) atoms. The molecule has 0 saturated heterocycles. The fourth-order valence-corrected chi connectivity index (χ4v) is 2.68. The Labute approximate surface area is 129 Å². The molecule has 0 atom stereocenters. The molecule has 3 rings (SSSR count). The first-order valence-electron chi connectivity index (χ1n) is 7.31. The van der Waals surface area contributed by atoms with Crippen molar-refractivity contribution in [2.24, 2.45) is 0 Å². The van der Waals surface area contributed by atoms with Gasteiger partial charge in [-0.25, -0.2) is 0 Å².